The first-order valence-corrected chi connectivity index (χ1v) is 9.51. The molecule has 1 fully saturated rings. The van der Waals surface area contributed by atoms with Crippen molar-refractivity contribution in [2.75, 3.05) is 39.2 Å². The van der Waals surface area contributed by atoms with Gasteiger partial charge in [-0.3, -0.25) is 4.99 Å². The highest BCUT2D eigenvalue weighted by Gasteiger charge is 2.12. The molecule has 2 rings (SSSR count). The molecule has 1 aliphatic carbocycles. The van der Waals surface area contributed by atoms with E-state index in [-0.39, 0.29) is 0 Å². The molecular formula is C20H34N4O. The molecule has 1 aromatic rings. The minimum atomic E-state index is 0.452. The standard InChI is InChI=1S/C20H34N4O/c1-21-20(22-13-14-25-19-11-6-4-5-7-12-19)23-16-17-9-8-10-18(15-17)24(2)3/h8-10,15,19H,4-7,11-14,16H2,1-3H3,(H2,21,22,23). The van der Waals surface area contributed by atoms with E-state index >= 15 is 0 Å². The van der Waals surface area contributed by atoms with E-state index in [2.05, 4.69) is 58.9 Å². The lowest BCUT2D eigenvalue weighted by molar-refractivity contribution is 0.0468. The van der Waals surface area contributed by atoms with Crippen molar-refractivity contribution >= 4 is 11.6 Å². The summed E-state index contributed by atoms with van der Waals surface area (Å²) < 4.78 is 6.01. The third-order valence-electron chi connectivity index (χ3n) is 4.66. The average molecular weight is 347 g/mol. The summed E-state index contributed by atoms with van der Waals surface area (Å²) in [4.78, 5) is 6.40. The number of nitrogens with one attached hydrogen (secondary N) is 2. The smallest absolute Gasteiger partial charge is 0.191 e. The SMILES string of the molecule is CN=C(NCCOC1CCCCCC1)NCc1cccc(N(C)C)c1. The highest BCUT2D eigenvalue weighted by molar-refractivity contribution is 5.79. The van der Waals surface area contributed by atoms with Crippen LogP contribution in [0.1, 0.15) is 44.1 Å². The van der Waals surface area contributed by atoms with Gasteiger partial charge < -0.3 is 20.3 Å². The number of guanidine groups is 1. The topological polar surface area (TPSA) is 48.9 Å². The summed E-state index contributed by atoms with van der Waals surface area (Å²) in [6, 6.07) is 8.52. The van der Waals surface area contributed by atoms with Crippen molar-refractivity contribution in [1.82, 2.24) is 10.6 Å². The number of anilines is 1. The van der Waals surface area contributed by atoms with Gasteiger partial charge >= 0.3 is 0 Å². The van der Waals surface area contributed by atoms with Crippen molar-refractivity contribution in [2.45, 2.75) is 51.2 Å². The lowest BCUT2D eigenvalue weighted by Gasteiger charge is -2.17. The van der Waals surface area contributed by atoms with Crippen LogP contribution in [0.5, 0.6) is 0 Å². The maximum Gasteiger partial charge on any atom is 0.191 e. The summed E-state index contributed by atoms with van der Waals surface area (Å²) in [7, 11) is 5.92. The molecule has 0 spiro atoms. The summed E-state index contributed by atoms with van der Waals surface area (Å²) in [6.45, 7) is 2.28. The van der Waals surface area contributed by atoms with Gasteiger partial charge in [-0.2, -0.15) is 0 Å². The molecule has 25 heavy (non-hydrogen) atoms. The van der Waals surface area contributed by atoms with Crippen LogP contribution in [0, 0.1) is 0 Å². The fraction of sp³-hybridized carbons (Fsp3) is 0.650. The molecule has 5 heteroatoms. The number of aliphatic imine (C=N–C) groups is 1. The second-order valence-corrected chi connectivity index (χ2v) is 6.90. The van der Waals surface area contributed by atoms with E-state index in [4.69, 9.17) is 4.74 Å². The van der Waals surface area contributed by atoms with Crippen molar-refractivity contribution in [3.63, 3.8) is 0 Å². The maximum atomic E-state index is 6.01. The molecule has 2 N–H and O–H groups in total. The third kappa shape index (κ3) is 7.34. The largest absolute Gasteiger partial charge is 0.378 e. The Hall–Kier alpha value is -1.75. The van der Waals surface area contributed by atoms with Crippen LogP contribution in [0.15, 0.2) is 29.3 Å². The van der Waals surface area contributed by atoms with Gasteiger partial charge in [0.2, 0.25) is 0 Å². The second-order valence-electron chi connectivity index (χ2n) is 6.90. The van der Waals surface area contributed by atoms with Crippen LogP contribution < -0.4 is 15.5 Å². The number of nitrogens with zero attached hydrogens (tertiary/aromatic N) is 2. The van der Waals surface area contributed by atoms with Crippen LogP contribution in [-0.2, 0) is 11.3 Å². The Bertz CT molecular complexity index is 522. The number of ether oxygens (including phenoxy) is 1. The van der Waals surface area contributed by atoms with Crippen LogP contribution in [0.3, 0.4) is 0 Å². The Balaban J connectivity index is 1.67. The van der Waals surface area contributed by atoms with Gasteiger partial charge in [0.1, 0.15) is 0 Å². The van der Waals surface area contributed by atoms with E-state index < -0.39 is 0 Å². The molecule has 5 nitrogen and oxygen atoms in total. The molecule has 140 valence electrons. The van der Waals surface area contributed by atoms with Gasteiger partial charge in [0.05, 0.1) is 12.7 Å². The summed E-state index contributed by atoms with van der Waals surface area (Å²) in [5.41, 5.74) is 2.45. The zero-order valence-electron chi connectivity index (χ0n) is 16.1. The molecule has 0 saturated heterocycles. The van der Waals surface area contributed by atoms with Gasteiger partial charge in [0.25, 0.3) is 0 Å². The van der Waals surface area contributed by atoms with Gasteiger partial charge in [-0.05, 0) is 30.5 Å². The average Bonchev–Trinajstić information content (AvgIpc) is 2.90. The van der Waals surface area contributed by atoms with Gasteiger partial charge in [-0.25, -0.2) is 0 Å². The Labute approximate surface area is 152 Å². The predicted molar refractivity (Wildman–Crippen MR) is 106 cm³/mol. The Kier molecular flexibility index (Phi) is 8.60. The molecular weight excluding hydrogens is 312 g/mol. The van der Waals surface area contributed by atoms with Gasteiger partial charge in [-0.1, -0.05) is 37.8 Å². The molecule has 0 aliphatic heterocycles. The van der Waals surface area contributed by atoms with Gasteiger partial charge in [-0.15, -0.1) is 0 Å². The van der Waals surface area contributed by atoms with Crippen LogP contribution in [0.2, 0.25) is 0 Å². The molecule has 0 bridgehead atoms. The fourth-order valence-electron chi connectivity index (χ4n) is 3.15. The first kappa shape index (κ1) is 19.6. The minimum absolute atomic E-state index is 0.452. The molecule has 0 aromatic heterocycles. The first-order valence-electron chi connectivity index (χ1n) is 9.51. The first-order chi connectivity index (χ1) is 12.2. The number of hydrogen-bond acceptors (Lipinski definition) is 3. The van der Waals surface area contributed by atoms with Crippen molar-refractivity contribution in [1.29, 1.82) is 0 Å². The molecule has 0 heterocycles. The molecule has 0 atom stereocenters. The summed E-state index contributed by atoms with van der Waals surface area (Å²) in [6.07, 6.45) is 8.24. The monoisotopic (exact) mass is 346 g/mol. The zero-order chi connectivity index (χ0) is 17.9. The number of benzene rings is 1. The van der Waals surface area contributed by atoms with E-state index in [0.29, 0.717) is 6.10 Å². The van der Waals surface area contributed by atoms with Crippen molar-refractivity contribution < 1.29 is 4.74 Å². The lowest BCUT2D eigenvalue weighted by atomic mass is 10.1. The van der Waals surface area contributed by atoms with Crippen LogP contribution in [-0.4, -0.2) is 46.4 Å². The Morgan fingerprint density at radius 1 is 1.16 bits per heavy atom. The zero-order valence-corrected chi connectivity index (χ0v) is 16.1. The fourth-order valence-corrected chi connectivity index (χ4v) is 3.15. The molecule has 0 radical (unpaired) electrons. The molecule has 0 amide bonds. The van der Waals surface area contributed by atoms with E-state index in [0.717, 1.165) is 25.7 Å². The Morgan fingerprint density at radius 3 is 2.60 bits per heavy atom. The molecule has 0 unspecified atom stereocenters. The molecule has 1 saturated carbocycles. The maximum absolute atomic E-state index is 6.01. The van der Waals surface area contributed by atoms with Gasteiger partial charge in [0.15, 0.2) is 5.96 Å². The van der Waals surface area contributed by atoms with Crippen LogP contribution in [0.4, 0.5) is 5.69 Å². The Morgan fingerprint density at radius 2 is 1.92 bits per heavy atom. The third-order valence-corrected chi connectivity index (χ3v) is 4.66. The minimum Gasteiger partial charge on any atom is -0.378 e. The van der Waals surface area contributed by atoms with E-state index in [1.54, 1.807) is 7.05 Å². The lowest BCUT2D eigenvalue weighted by Crippen LogP contribution is -2.39. The number of rotatable bonds is 7. The van der Waals surface area contributed by atoms with Gasteiger partial charge in [0, 0.05) is 39.9 Å². The van der Waals surface area contributed by atoms with E-state index in [1.165, 1.54) is 49.8 Å². The predicted octanol–water partition coefficient (Wildman–Crippen LogP) is 3.16. The van der Waals surface area contributed by atoms with E-state index in [9.17, 15) is 0 Å². The van der Waals surface area contributed by atoms with Crippen molar-refractivity contribution in [3.05, 3.63) is 29.8 Å². The summed E-state index contributed by atoms with van der Waals surface area (Å²) >= 11 is 0. The van der Waals surface area contributed by atoms with Crippen molar-refractivity contribution in [2.24, 2.45) is 4.99 Å². The highest BCUT2D eigenvalue weighted by atomic mass is 16.5. The highest BCUT2D eigenvalue weighted by Crippen LogP contribution is 2.19. The van der Waals surface area contributed by atoms with Crippen LogP contribution in [0.25, 0.3) is 0 Å². The van der Waals surface area contributed by atoms with E-state index in [1.807, 2.05) is 0 Å². The quantitative estimate of drug-likeness (QED) is 0.345. The molecule has 1 aromatic carbocycles. The van der Waals surface area contributed by atoms with Crippen molar-refractivity contribution in [3.8, 4) is 0 Å². The normalized spacial score (nSPS) is 16.4. The molecule has 1 aliphatic rings. The van der Waals surface area contributed by atoms with Crippen LogP contribution >= 0.6 is 0 Å². The summed E-state index contributed by atoms with van der Waals surface area (Å²) in [5.74, 6) is 0.819. The second kappa shape index (κ2) is 11.0. The summed E-state index contributed by atoms with van der Waals surface area (Å²) in [5, 5.41) is 6.70. The number of hydrogen-bond donors (Lipinski definition) is 2.